The predicted molar refractivity (Wildman–Crippen MR) is 51.9 cm³/mol. The highest BCUT2D eigenvalue weighted by Gasteiger charge is 2.78. The Bertz CT molecular complexity index is 433. The zero-order valence-corrected chi connectivity index (χ0v) is 9.83. The summed E-state index contributed by atoms with van der Waals surface area (Å²) in [5.41, 5.74) is -6.28. The van der Waals surface area contributed by atoms with Crippen molar-refractivity contribution in [3.8, 4) is 0 Å². The first-order chi connectivity index (χ1) is 7.85. The van der Waals surface area contributed by atoms with Crippen LogP contribution in [0.5, 0.6) is 0 Å². The minimum Gasteiger partial charge on any atom is -0.367 e. The maximum Gasteiger partial charge on any atom is 0.231 e. The minimum atomic E-state index is -3.27. The number of rotatable bonds is 0. The summed E-state index contributed by atoms with van der Waals surface area (Å²) in [6.45, 7) is 0. The van der Waals surface area contributed by atoms with E-state index < -0.39 is 45.5 Å². The number of ether oxygens (including phenoxy) is 1. The van der Waals surface area contributed by atoms with Crippen LogP contribution in [0, 0.1) is 0 Å². The van der Waals surface area contributed by atoms with Crippen LogP contribution in [0.1, 0.15) is 12.8 Å². The predicted octanol–water partition coefficient (Wildman–Crippen LogP) is 3.70. The van der Waals surface area contributed by atoms with Gasteiger partial charge in [0.2, 0.25) is 11.3 Å². The molecular weight excluding hydrogens is 311 g/mol. The van der Waals surface area contributed by atoms with Gasteiger partial charge in [0.25, 0.3) is 0 Å². The molecule has 0 radical (unpaired) electrons. The van der Waals surface area contributed by atoms with Crippen LogP contribution in [-0.4, -0.2) is 23.5 Å². The Balaban J connectivity index is 2.29. The van der Waals surface area contributed by atoms with Gasteiger partial charge in [0.1, 0.15) is 12.2 Å². The van der Waals surface area contributed by atoms with Crippen molar-refractivity contribution in [3.05, 3.63) is 22.0 Å². The van der Waals surface area contributed by atoms with Gasteiger partial charge in [-0.2, -0.15) is 0 Å². The average Bonchev–Trinajstić information content (AvgIpc) is 2.87. The second kappa shape index (κ2) is 3.12. The third-order valence-electron chi connectivity index (χ3n) is 3.65. The molecule has 0 aromatic carbocycles. The zero-order chi connectivity index (χ0) is 12.6. The highest BCUT2D eigenvalue weighted by atomic mass is 79.9. The van der Waals surface area contributed by atoms with Gasteiger partial charge in [-0.1, -0.05) is 0 Å². The molecule has 4 atom stereocenters. The van der Waals surface area contributed by atoms with E-state index in [0.717, 1.165) is 0 Å². The molecule has 2 fully saturated rings. The molecule has 0 amide bonds. The van der Waals surface area contributed by atoms with Crippen molar-refractivity contribution in [1.82, 2.24) is 0 Å². The van der Waals surface area contributed by atoms with Crippen LogP contribution in [0.4, 0.5) is 22.0 Å². The monoisotopic (exact) mass is 316 g/mol. The Labute approximate surface area is 101 Å². The van der Waals surface area contributed by atoms with Crippen LogP contribution in [0.15, 0.2) is 22.0 Å². The van der Waals surface area contributed by atoms with Crippen molar-refractivity contribution in [3.63, 3.8) is 0 Å². The van der Waals surface area contributed by atoms with E-state index in [4.69, 9.17) is 4.74 Å². The van der Waals surface area contributed by atoms with Gasteiger partial charge in [0.15, 0.2) is 17.5 Å². The van der Waals surface area contributed by atoms with Gasteiger partial charge in [0, 0.05) is 0 Å². The van der Waals surface area contributed by atoms with Crippen LogP contribution in [-0.2, 0) is 4.74 Å². The second-order valence-corrected chi connectivity index (χ2v) is 5.16. The van der Waals surface area contributed by atoms with Gasteiger partial charge in [-0.05, 0) is 28.8 Å². The molecule has 2 saturated heterocycles. The zero-order valence-electron chi connectivity index (χ0n) is 8.24. The third kappa shape index (κ3) is 0.999. The highest BCUT2D eigenvalue weighted by molar-refractivity contribution is 9.11. The fourth-order valence-electron chi connectivity index (χ4n) is 2.81. The van der Waals surface area contributed by atoms with E-state index in [1.54, 1.807) is 0 Å². The minimum absolute atomic E-state index is 0.0788. The topological polar surface area (TPSA) is 9.23 Å². The first kappa shape index (κ1) is 11.6. The SMILES string of the molecule is FC1=C(Br)[C@@]2(F)[C@H]3CC[C@@H](O3)[C@@]2(F)C(F)=C1F. The van der Waals surface area contributed by atoms with Crippen LogP contribution >= 0.6 is 15.9 Å². The van der Waals surface area contributed by atoms with E-state index in [1.807, 2.05) is 0 Å². The third-order valence-corrected chi connectivity index (χ3v) is 4.58. The normalized spacial score (nSPS) is 49.1. The van der Waals surface area contributed by atoms with Crippen molar-refractivity contribution in [2.24, 2.45) is 0 Å². The number of halogens is 6. The van der Waals surface area contributed by atoms with Crippen LogP contribution in [0.25, 0.3) is 0 Å². The van der Waals surface area contributed by atoms with E-state index in [0.29, 0.717) is 0 Å². The Kier molecular flexibility index (Phi) is 2.14. The van der Waals surface area contributed by atoms with E-state index >= 15 is 0 Å². The highest BCUT2D eigenvalue weighted by Crippen LogP contribution is 2.64. The van der Waals surface area contributed by atoms with Crippen molar-refractivity contribution in [2.75, 3.05) is 0 Å². The van der Waals surface area contributed by atoms with Crippen molar-refractivity contribution >= 4 is 15.9 Å². The van der Waals surface area contributed by atoms with Gasteiger partial charge in [-0.25, -0.2) is 22.0 Å². The molecule has 94 valence electrons. The molecule has 2 bridgehead atoms. The summed E-state index contributed by atoms with van der Waals surface area (Å²) in [6, 6.07) is 0. The van der Waals surface area contributed by atoms with Crippen LogP contribution in [0.3, 0.4) is 0 Å². The summed E-state index contributed by atoms with van der Waals surface area (Å²) in [5, 5.41) is 0. The summed E-state index contributed by atoms with van der Waals surface area (Å²) >= 11 is 2.49. The lowest BCUT2D eigenvalue weighted by molar-refractivity contribution is -0.0142. The molecular formula is C10H6BrF5O. The summed E-state index contributed by atoms with van der Waals surface area (Å²) in [6.07, 6.45) is -2.49. The van der Waals surface area contributed by atoms with E-state index in [2.05, 4.69) is 15.9 Å². The molecule has 0 saturated carbocycles. The Morgan fingerprint density at radius 2 is 1.53 bits per heavy atom. The summed E-state index contributed by atoms with van der Waals surface area (Å²) in [4.78, 5) is 0. The molecule has 1 aliphatic carbocycles. The Morgan fingerprint density at radius 1 is 1.00 bits per heavy atom. The molecule has 2 heterocycles. The molecule has 3 rings (SSSR count). The molecule has 0 N–H and O–H groups in total. The second-order valence-electron chi connectivity index (χ2n) is 4.37. The lowest BCUT2D eigenvalue weighted by Gasteiger charge is -2.40. The molecule has 0 aromatic heterocycles. The molecule has 2 aliphatic heterocycles. The molecule has 0 spiro atoms. The van der Waals surface area contributed by atoms with Crippen molar-refractivity contribution < 1.29 is 26.7 Å². The first-order valence-electron chi connectivity index (χ1n) is 5.00. The number of alkyl halides is 2. The van der Waals surface area contributed by atoms with Crippen LogP contribution < -0.4 is 0 Å². The summed E-state index contributed by atoms with van der Waals surface area (Å²) < 4.78 is 73.1. The van der Waals surface area contributed by atoms with Gasteiger partial charge >= 0.3 is 0 Å². The fraction of sp³-hybridized carbons (Fsp3) is 0.600. The van der Waals surface area contributed by atoms with Crippen LogP contribution in [0.2, 0.25) is 0 Å². The molecule has 3 aliphatic rings. The van der Waals surface area contributed by atoms with E-state index in [9.17, 15) is 22.0 Å². The Morgan fingerprint density at radius 3 is 2.12 bits per heavy atom. The van der Waals surface area contributed by atoms with E-state index in [-0.39, 0.29) is 12.8 Å². The maximum atomic E-state index is 14.6. The lowest BCUT2D eigenvalue weighted by atomic mass is 9.71. The number of hydrogen-bond donors (Lipinski definition) is 0. The molecule has 1 nitrogen and oxygen atoms in total. The van der Waals surface area contributed by atoms with Crippen molar-refractivity contribution in [2.45, 2.75) is 36.4 Å². The van der Waals surface area contributed by atoms with Gasteiger partial charge in [-0.15, -0.1) is 0 Å². The molecule has 17 heavy (non-hydrogen) atoms. The quantitative estimate of drug-likeness (QED) is 0.619. The summed E-state index contributed by atoms with van der Waals surface area (Å²) in [7, 11) is 0. The van der Waals surface area contributed by atoms with E-state index in [1.165, 1.54) is 0 Å². The molecule has 7 heteroatoms. The first-order valence-corrected chi connectivity index (χ1v) is 5.79. The number of allylic oxidation sites excluding steroid dienone is 2. The molecule has 0 aromatic rings. The Hall–Kier alpha value is -0.430. The van der Waals surface area contributed by atoms with Crippen molar-refractivity contribution in [1.29, 1.82) is 0 Å². The van der Waals surface area contributed by atoms with Gasteiger partial charge in [0.05, 0.1) is 4.48 Å². The standard InChI is InChI=1S/C10H6BrF5O/c11-7-5(12)6(13)8(14)10(16)4-2-1-3(17-4)9(7,10)15/h3-4H,1-2H2/t3-,4-,9+,10-/m1/s1. The smallest absolute Gasteiger partial charge is 0.231 e. The number of hydrogen-bond acceptors (Lipinski definition) is 1. The fourth-order valence-corrected chi connectivity index (χ4v) is 3.52. The lowest BCUT2D eigenvalue weighted by Crippen LogP contribution is -2.58. The van der Waals surface area contributed by atoms with Gasteiger partial charge < -0.3 is 4.74 Å². The average molecular weight is 317 g/mol. The summed E-state index contributed by atoms with van der Waals surface area (Å²) in [5.74, 6) is -5.79. The van der Waals surface area contributed by atoms with Gasteiger partial charge in [-0.3, -0.25) is 0 Å². The number of fused-ring (bicyclic) bond motifs is 5. The maximum absolute atomic E-state index is 14.6. The largest absolute Gasteiger partial charge is 0.367 e. The molecule has 0 unspecified atom stereocenters.